The summed E-state index contributed by atoms with van der Waals surface area (Å²) >= 11 is 0. The number of rotatable bonds is 3. The quantitative estimate of drug-likeness (QED) is 0.780. The van der Waals surface area contributed by atoms with Gasteiger partial charge in [0.25, 0.3) is 0 Å². The Bertz CT molecular complexity index is 403. The number of hydrogen-bond donors (Lipinski definition) is 0. The molecule has 1 aromatic rings. The second-order valence-electron chi connectivity index (χ2n) is 4.33. The van der Waals surface area contributed by atoms with E-state index >= 15 is 0 Å². The van der Waals surface area contributed by atoms with Gasteiger partial charge in [0.05, 0.1) is 13.2 Å². The van der Waals surface area contributed by atoms with Gasteiger partial charge in [-0.15, -0.1) is 0 Å². The maximum absolute atomic E-state index is 11.5. The Kier molecular flexibility index (Phi) is 2.93. The van der Waals surface area contributed by atoms with Crippen molar-refractivity contribution in [1.29, 1.82) is 0 Å². The van der Waals surface area contributed by atoms with Crippen LogP contribution >= 0.6 is 0 Å². The molecule has 17 heavy (non-hydrogen) atoms. The zero-order valence-corrected chi connectivity index (χ0v) is 9.37. The third-order valence-corrected chi connectivity index (χ3v) is 3.15. The van der Waals surface area contributed by atoms with Crippen LogP contribution in [0, 0.1) is 0 Å². The topological polar surface area (TPSA) is 44.8 Å². The predicted octanol–water partition coefficient (Wildman–Crippen LogP) is 0.938. The Morgan fingerprint density at radius 3 is 2.88 bits per heavy atom. The lowest BCUT2D eigenvalue weighted by molar-refractivity contribution is -0.152. The van der Waals surface area contributed by atoms with Gasteiger partial charge in [-0.25, -0.2) is 0 Å². The van der Waals surface area contributed by atoms with E-state index < -0.39 is 6.10 Å². The molecule has 2 bridgehead atoms. The van der Waals surface area contributed by atoms with E-state index in [2.05, 4.69) is 0 Å². The van der Waals surface area contributed by atoms with Crippen LogP contribution in [0.25, 0.3) is 0 Å². The molecule has 0 amide bonds. The van der Waals surface area contributed by atoms with Crippen LogP contribution in [0.4, 0.5) is 0 Å². The van der Waals surface area contributed by atoms with E-state index in [-0.39, 0.29) is 24.6 Å². The molecule has 2 heterocycles. The van der Waals surface area contributed by atoms with Crippen LogP contribution in [-0.2, 0) is 25.6 Å². The Morgan fingerprint density at radius 1 is 1.24 bits per heavy atom. The Morgan fingerprint density at radius 2 is 2.06 bits per heavy atom. The number of ketones is 1. The van der Waals surface area contributed by atoms with E-state index in [1.807, 2.05) is 30.3 Å². The van der Waals surface area contributed by atoms with E-state index in [0.717, 1.165) is 5.56 Å². The highest BCUT2D eigenvalue weighted by Crippen LogP contribution is 2.26. The molecule has 0 aliphatic carbocycles. The predicted molar refractivity (Wildman–Crippen MR) is 59.5 cm³/mol. The molecule has 90 valence electrons. The molecule has 2 aliphatic heterocycles. The van der Waals surface area contributed by atoms with Gasteiger partial charge in [0.15, 0.2) is 5.78 Å². The number of fused-ring (bicyclic) bond motifs is 2. The van der Waals surface area contributed by atoms with Crippen LogP contribution in [0.15, 0.2) is 30.3 Å². The maximum atomic E-state index is 11.5. The summed E-state index contributed by atoms with van der Waals surface area (Å²) in [7, 11) is 0. The van der Waals surface area contributed by atoms with Gasteiger partial charge in [0.1, 0.15) is 24.9 Å². The van der Waals surface area contributed by atoms with Crippen molar-refractivity contribution in [2.75, 3.05) is 13.2 Å². The molecule has 0 aromatic heterocycles. The van der Waals surface area contributed by atoms with Gasteiger partial charge in [-0.05, 0) is 5.56 Å². The fourth-order valence-corrected chi connectivity index (χ4v) is 2.23. The highest BCUT2D eigenvalue weighted by molar-refractivity contribution is 5.86. The minimum Gasteiger partial charge on any atom is -0.368 e. The molecule has 0 radical (unpaired) electrons. The molecule has 3 rings (SSSR count). The zero-order chi connectivity index (χ0) is 11.7. The average molecular weight is 234 g/mol. The summed E-state index contributed by atoms with van der Waals surface area (Å²) in [5.74, 6) is -0.0168. The van der Waals surface area contributed by atoms with Gasteiger partial charge in [0, 0.05) is 0 Å². The molecule has 4 nitrogen and oxygen atoms in total. The molecular formula is C13H14O4. The summed E-state index contributed by atoms with van der Waals surface area (Å²) in [5.41, 5.74) is 1.09. The first-order chi connectivity index (χ1) is 8.34. The van der Waals surface area contributed by atoms with E-state index in [1.165, 1.54) is 0 Å². The van der Waals surface area contributed by atoms with Crippen LogP contribution < -0.4 is 0 Å². The summed E-state index contributed by atoms with van der Waals surface area (Å²) in [6, 6.07) is 9.88. The van der Waals surface area contributed by atoms with Crippen molar-refractivity contribution >= 4 is 5.78 Å². The minimum atomic E-state index is -0.433. The maximum Gasteiger partial charge on any atom is 0.189 e. The number of Topliss-reactive ketones (excluding diaryl/α,β-unsaturated/α-hetero) is 1. The largest absolute Gasteiger partial charge is 0.368 e. The number of carbonyl (C=O) groups is 1. The molecule has 4 heteroatoms. The molecule has 0 spiro atoms. The smallest absolute Gasteiger partial charge is 0.189 e. The average Bonchev–Trinajstić information content (AvgIpc) is 2.68. The molecule has 2 fully saturated rings. The van der Waals surface area contributed by atoms with E-state index in [1.54, 1.807) is 0 Å². The standard InChI is InChI=1S/C13H14O4/c14-10-7-15-11-8-17-12(10)13(11)16-6-9-4-2-1-3-5-9/h1-5,11-13H,6-8H2/t11-,12-,13-/m1/s1. The second kappa shape index (κ2) is 4.56. The Balaban J connectivity index is 1.64. The summed E-state index contributed by atoms with van der Waals surface area (Å²) in [6.07, 6.45) is -0.782. The molecule has 2 aliphatic rings. The third kappa shape index (κ3) is 2.11. The van der Waals surface area contributed by atoms with Crippen LogP contribution in [-0.4, -0.2) is 37.3 Å². The lowest BCUT2D eigenvalue weighted by Gasteiger charge is -2.27. The van der Waals surface area contributed by atoms with Crippen molar-refractivity contribution < 1.29 is 19.0 Å². The monoisotopic (exact) mass is 234 g/mol. The molecule has 1 aromatic carbocycles. The number of benzene rings is 1. The van der Waals surface area contributed by atoms with Crippen molar-refractivity contribution in [3.8, 4) is 0 Å². The summed E-state index contributed by atoms with van der Waals surface area (Å²) in [5, 5.41) is 0. The van der Waals surface area contributed by atoms with Crippen molar-refractivity contribution in [3.63, 3.8) is 0 Å². The normalized spacial score (nSPS) is 31.8. The highest BCUT2D eigenvalue weighted by atomic mass is 16.6. The lowest BCUT2D eigenvalue weighted by atomic mass is 10.0. The molecule has 2 saturated heterocycles. The van der Waals surface area contributed by atoms with Crippen molar-refractivity contribution in [2.24, 2.45) is 0 Å². The fraction of sp³-hybridized carbons (Fsp3) is 0.462. The minimum absolute atomic E-state index is 0.0168. The van der Waals surface area contributed by atoms with Gasteiger partial charge >= 0.3 is 0 Å². The molecule has 0 saturated carbocycles. The molecule has 3 atom stereocenters. The van der Waals surface area contributed by atoms with Crippen molar-refractivity contribution in [2.45, 2.75) is 24.9 Å². The highest BCUT2D eigenvalue weighted by Gasteiger charge is 2.47. The van der Waals surface area contributed by atoms with Gasteiger partial charge in [-0.1, -0.05) is 30.3 Å². The number of carbonyl (C=O) groups excluding carboxylic acids is 1. The third-order valence-electron chi connectivity index (χ3n) is 3.15. The van der Waals surface area contributed by atoms with E-state index in [9.17, 15) is 4.79 Å². The molecular weight excluding hydrogens is 220 g/mol. The van der Waals surface area contributed by atoms with E-state index in [4.69, 9.17) is 14.2 Å². The lowest BCUT2D eigenvalue weighted by Crippen LogP contribution is -2.46. The Hall–Kier alpha value is -1.23. The molecule has 0 N–H and O–H groups in total. The van der Waals surface area contributed by atoms with Gasteiger partial charge in [-0.2, -0.15) is 0 Å². The first kappa shape index (κ1) is 10.9. The number of ether oxygens (including phenoxy) is 3. The number of hydrogen-bond acceptors (Lipinski definition) is 4. The van der Waals surface area contributed by atoms with Crippen LogP contribution in [0.1, 0.15) is 5.56 Å². The first-order valence-electron chi connectivity index (χ1n) is 5.76. The fourth-order valence-electron chi connectivity index (χ4n) is 2.23. The summed E-state index contributed by atoms with van der Waals surface area (Å²) < 4.78 is 16.5. The second-order valence-corrected chi connectivity index (χ2v) is 4.33. The zero-order valence-electron chi connectivity index (χ0n) is 9.37. The van der Waals surface area contributed by atoms with Gasteiger partial charge < -0.3 is 14.2 Å². The van der Waals surface area contributed by atoms with Crippen LogP contribution in [0.5, 0.6) is 0 Å². The molecule has 0 unspecified atom stereocenters. The summed E-state index contributed by atoms with van der Waals surface area (Å²) in [6.45, 7) is 1.09. The van der Waals surface area contributed by atoms with Gasteiger partial charge in [-0.3, -0.25) is 4.79 Å². The Labute approximate surface area is 99.5 Å². The van der Waals surface area contributed by atoms with Crippen LogP contribution in [0.2, 0.25) is 0 Å². The first-order valence-corrected chi connectivity index (χ1v) is 5.76. The van der Waals surface area contributed by atoms with Gasteiger partial charge in [0.2, 0.25) is 0 Å². The van der Waals surface area contributed by atoms with Crippen molar-refractivity contribution in [1.82, 2.24) is 0 Å². The SMILES string of the molecule is O=C1CO[C@@H]2CO[C@H]1[C@@H]2OCc1ccccc1. The summed E-state index contributed by atoms with van der Waals surface area (Å²) in [4.78, 5) is 11.5. The van der Waals surface area contributed by atoms with E-state index in [0.29, 0.717) is 13.2 Å². The van der Waals surface area contributed by atoms with Crippen molar-refractivity contribution in [3.05, 3.63) is 35.9 Å². The van der Waals surface area contributed by atoms with Crippen LogP contribution in [0.3, 0.4) is 0 Å².